The largest absolute Gasteiger partial charge is 0.466 e. The number of carbonyl (C=O) groups is 1. The fourth-order valence-electron chi connectivity index (χ4n) is 1.08. The molecule has 0 aliphatic carbocycles. The highest BCUT2D eigenvalue weighted by molar-refractivity contribution is 5.74. The van der Waals surface area contributed by atoms with Crippen molar-refractivity contribution < 1.29 is 9.53 Å². The van der Waals surface area contributed by atoms with Crippen molar-refractivity contribution in [3.63, 3.8) is 0 Å². The highest BCUT2D eigenvalue weighted by Crippen LogP contribution is 2.15. The first kappa shape index (κ1) is 12.9. The monoisotopic (exact) mass is 196 g/mol. The normalized spacial score (nSPS) is 13.2. The van der Waals surface area contributed by atoms with Gasteiger partial charge in [-0.3, -0.25) is 4.79 Å². The van der Waals surface area contributed by atoms with Gasteiger partial charge in [-0.15, -0.1) is 0 Å². The Labute approximate surface area is 86.6 Å². The summed E-state index contributed by atoms with van der Waals surface area (Å²) >= 11 is 0. The van der Waals surface area contributed by atoms with E-state index in [0.717, 1.165) is 5.57 Å². The van der Waals surface area contributed by atoms with Gasteiger partial charge < -0.3 is 4.74 Å². The molecule has 0 bridgehead atoms. The number of carbonyl (C=O) groups excluding carboxylic acids is 1. The lowest BCUT2D eigenvalue weighted by molar-refractivity contribution is -0.147. The van der Waals surface area contributed by atoms with Gasteiger partial charge in [0.1, 0.15) is 0 Å². The zero-order valence-corrected chi connectivity index (χ0v) is 9.54. The molecule has 0 aromatic heterocycles. The molecule has 2 nitrogen and oxygen atoms in total. The zero-order valence-electron chi connectivity index (χ0n) is 9.54. The number of rotatable bonds is 5. The van der Waals surface area contributed by atoms with Gasteiger partial charge in [0.25, 0.3) is 0 Å². The van der Waals surface area contributed by atoms with Gasteiger partial charge in [0.2, 0.25) is 0 Å². The number of allylic oxidation sites excluding steroid dienone is 2. The Balaban J connectivity index is 4.44. The minimum atomic E-state index is -0.161. The molecule has 0 rings (SSSR count). The first-order valence-electron chi connectivity index (χ1n) is 4.99. The van der Waals surface area contributed by atoms with Crippen LogP contribution in [-0.2, 0) is 9.53 Å². The lowest BCUT2D eigenvalue weighted by Gasteiger charge is -2.14. The Hall–Kier alpha value is -1.05. The Morgan fingerprint density at radius 3 is 2.43 bits per heavy atom. The van der Waals surface area contributed by atoms with Crippen LogP contribution in [0, 0.1) is 11.8 Å². The van der Waals surface area contributed by atoms with Crippen molar-refractivity contribution in [2.24, 2.45) is 11.8 Å². The molecule has 14 heavy (non-hydrogen) atoms. The summed E-state index contributed by atoms with van der Waals surface area (Å²) in [6.07, 6.45) is 3.73. The smallest absolute Gasteiger partial charge is 0.313 e. The van der Waals surface area contributed by atoms with Crippen LogP contribution in [0.15, 0.2) is 24.3 Å². The van der Waals surface area contributed by atoms with Gasteiger partial charge in [-0.05, 0) is 19.8 Å². The molecule has 80 valence electrons. The fourth-order valence-corrected chi connectivity index (χ4v) is 1.08. The van der Waals surface area contributed by atoms with E-state index < -0.39 is 0 Å². The molecule has 0 heterocycles. The second kappa shape index (κ2) is 6.41. The van der Waals surface area contributed by atoms with Crippen LogP contribution in [0.5, 0.6) is 0 Å². The summed E-state index contributed by atoms with van der Waals surface area (Å²) < 4.78 is 4.98. The number of hydrogen-bond donors (Lipinski definition) is 0. The van der Waals surface area contributed by atoms with Gasteiger partial charge in [0, 0.05) is 0 Å². The van der Waals surface area contributed by atoms with Gasteiger partial charge in [-0.25, -0.2) is 0 Å². The van der Waals surface area contributed by atoms with E-state index in [2.05, 4.69) is 6.58 Å². The van der Waals surface area contributed by atoms with E-state index in [1.165, 1.54) is 0 Å². The van der Waals surface area contributed by atoms with E-state index in [0.29, 0.717) is 6.61 Å². The second-order valence-corrected chi connectivity index (χ2v) is 3.73. The lowest BCUT2D eigenvalue weighted by atomic mass is 9.95. The van der Waals surface area contributed by atoms with Gasteiger partial charge >= 0.3 is 5.97 Å². The van der Waals surface area contributed by atoms with E-state index in [4.69, 9.17) is 4.74 Å². The minimum absolute atomic E-state index is 0.153. The Kier molecular flexibility index (Phi) is 5.93. The molecule has 0 aliphatic rings. The Morgan fingerprint density at radius 1 is 1.50 bits per heavy atom. The highest BCUT2D eigenvalue weighted by Gasteiger charge is 2.19. The maximum absolute atomic E-state index is 11.5. The molecule has 0 amide bonds. The van der Waals surface area contributed by atoms with Crippen molar-refractivity contribution in [1.29, 1.82) is 0 Å². The first-order chi connectivity index (χ1) is 6.49. The molecule has 0 spiro atoms. The van der Waals surface area contributed by atoms with Crippen LogP contribution in [-0.4, -0.2) is 12.6 Å². The van der Waals surface area contributed by atoms with Crippen LogP contribution >= 0.6 is 0 Å². The summed E-state index contributed by atoms with van der Waals surface area (Å²) in [6, 6.07) is 0. The molecule has 0 saturated heterocycles. The average molecular weight is 196 g/mol. The molecule has 0 N–H and O–H groups in total. The standard InChI is InChI=1S/C12H20O2/c1-6-14-12(13)11(10(4)5)8-7-9(2)3/h7-8,10-11H,2,6H2,1,3-5H3. The molecule has 0 saturated carbocycles. The van der Waals surface area contributed by atoms with Gasteiger partial charge in [0.05, 0.1) is 12.5 Å². The molecular formula is C12H20O2. The maximum atomic E-state index is 11.5. The summed E-state index contributed by atoms with van der Waals surface area (Å²) in [5, 5.41) is 0. The molecule has 0 aromatic carbocycles. The molecule has 1 atom stereocenters. The van der Waals surface area contributed by atoms with E-state index >= 15 is 0 Å². The van der Waals surface area contributed by atoms with Crippen molar-refractivity contribution >= 4 is 5.97 Å². The van der Waals surface area contributed by atoms with E-state index in [1.54, 1.807) is 0 Å². The third-order valence-electron chi connectivity index (χ3n) is 1.87. The van der Waals surface area contributed by atoms with Crippen LogP contribution in [0.25, 0.3) is 0 Å². The fraction of sp³-hybridized carbons (Fsp3) is 0.583. The van der Waals surface area contributed by atoms with Crippen molar-refractivity contribution in [2.45, 2.75) is 27.7 Å². The molecule has 1 unspecified atom stereocenters. The molecule has 2 heteroatoms. The molecule has 0 radical (unpaired) electrons. The van der Waals surface area contributed by atoms with Crippen molar-refractivity contribution in [3.8, 4) is 0 Å². The lowest BCUT2D eigenvalue weighted by Crippen LogP contribution is -2.20. The van der Waals surface area contributed by atoms with Crippen LogP contribution in [0.2, 0.25) is 0 Å². The number of ether oxygens (including phenoxy) is 1. The first-order valence-corrected chi connectivity index (χ1v) is 4.99. The third-order valence-corrected chi connectivity index (χ3v) is 1.87. The highest BCUT2D eigenvalue weighted by atomic mass is 16.5. The summed E-state index contributed by atoms with van der Waals surface area (Å²) in [6.45, 7) is 11.9. The maximum Gasteiger partial charge on any atom is 0.313 e. The second-order valence-electron chi connectivity index (χ2n) is 3.73. The van der Waals surface area contributed by atoms with Crippen LogP contribution in [0.4, 0.5) is 0 Å². The quantitative estimate of drug-likeness (QED) is 0.499. The topological polar surface area (TPSA) is 26.3 Å². The van der Waals surface area contributed by atoms with Crippen molar-refractivity contribution in [3.05, 3.63) is 24.3 Å². The number of hydrogen-bond acceptors (Lipinski definition) is 2. The average Bonchev–Trinajstić information content (AvgIpc) is 2.03. The summed E-state index contributed by atoms with van der Waals surface area (Å²) in [5.41, 5.74) is 0.944. The van der Waals surface area contributed by atoms with E-state index in [1.807, 2.05) is 39.8 Å². The molecule has 0 aromatic rings. The Morgan fingerprint density at radius 2 is 2.07 bits per heavy atom. The zero-order chi connectivity index (χ0) is 11.1. The molecule has 0 fully saturated rings. The SMILES string of the molecule is C=C(C)C=CC(C(=O)OCC)C(C)C. The predicted molar refractivity (Wildman–Crippen MR) is 58.9 cm³/mol. The van der Waals surface area contributed by atoms with E-state index in [-0.39, 0.29) is 17.8 Å². The summed E-state index contributed by atoms with van der Waals surface area (Å²) in [7, 11) is 0. The minimum Gasteiger partial charge on any atom is -0.466 e. The number of esters is 1. The molecular weight excluding hydrogens is 176 g/mol. The molecule has 0 aliphatic heterocycles. The van der Waals surface area contributed by atoms with Crippen molar-refractivity contribution in [2.75, 3.05) is 6.61 Å². The Bertz CT molecular complexity index is 226. The van der Waals surface area contributed by atoms with E-state index in [9.17, 15) is 4.79 Å². The van der Waals surface area contributed by atoms with Crippen LogP contribution in [0.1, 0.15) is 27.7 Å². The predicted octanol–water partition coefficient (Wildman–Crippen LogP) is 2.95. The summed E-state index contributed by atoms with van der Waals surface area (Å²) in [4.78, 5) is 11.5. The van der Waals surface area contributed by atoms with Gasteiger partial charge in [0.15, 0.2) is 0 Å². The van der Waals surface area contributed by atoms with Gasteiger partial charge in [-0.2, -0.15) is 0 Å². The van der Waals surface area contributed by atoms with Crippen molar-refractivity contribution in [1.82, 2.24) is 0 Å². The third kappa shape index (κ3) is 4.85. The van der Waals surface area contributed by atoms with Gasteiger partial charge in [-0.1, -0.05) is 38.2 Å². The van der Waals surface area contributed by atoms with Crippen LogP contribution in [0.3, 0.4) is 0 Å². The van der Waals surface area contributed by atoms with Crippen LogP contribution < -0.4 is 0 Å². The summed E-state index contributed by atoms with van der Waals surface area (Å²) in [5.74, 6) is -0.0590.